The second kappa shape index (κ2) is 2.21. The van der Waals surface area contributed by atoms with Crippen molar-refractivity contribution >= 4 is 0 Å². The maximum atomic E-state index is 9.50. The highest BCUT2D eigenvalue weighted by molar-refractivity contribution is 4.98. The molecule has 0 bridgehead atoms. The van der Waals surface area contributed by atoms with Gasteiger partial charge in [0.1, 0.15) is 0 Å². The summed E-state index contributed by atoms with van der Waals surface area (Å²) in [6.45, 7) is 2.22. The average molecular weight is 141 g/mol. The highest BCUT2D eigenvalue weighted by Crippen LogP contribution is 2.47. The van der Waals surface area contributed by atoms with Crippen LogP contribution in [0.15, 0.2) is 0 Å². The monoisotopic (exact) mass is 141 g/mol. The molecule has 2 nitrogen and oxygen atoms in total. The number of rotatable bonds is 0. The van der Waals surface area contributed by atoms with Crippen molar-refractivity contribution in [3.05, 3.63) is 0 Å². The largest absolute Gasteiger partial charge is 0.393 e. The van der Waals surface area contributed by atoms with Gasteiger partial charge < -0.3 is 10.4 Å². The molecule has 2 aliphatic rings. The van der Waals surface area contributed by atoms with Gasteiger partial charge in [-0.15, -0.1) is 0 Å². The van der Waals surface area contributed by atoms with Crippen molar-refractivity contribution in [2.45, 2.75) is 31.8 Å². The molecule has 0 unspecified atom stereocenters. The average Bonchev–Trinajstić information content (AvgIpc) is 2.04. The van der Waals surface area contributed by atoms with Crippen molar-refractivity contribution in [1.29, 1.82) is 0 Å². The van der Waals surface area contributed by atoms with Gasteiger partial charge in [-0.25, -0.2) is 0 Å². The molecule has 2 heteroatoms. The number of nitrogens with one attached hydrogen (secondary N) is 1. The van der Waals surface area contributed by atoms with Crippen LogP contribution in [0, 0.1) is 5.41 Å². The second-order valence-corrected chi connectivity index (χ2v) is 3.67. The first kappa shape index (κ1) is 6.62. The molecular formula is C8H15NO. The normalized spacial score (nSPS) is 37.5. The minimum absolute atomic E-state index is 0.0228. The molecule has 1 saturated heterocycles. The smallest absolute Gasteiger partial charge is 0.0597 e. The summed E-state index contributed by atoms with van der Waals surface area (Å²) in [4.78, 5) is 0. The molecule has 2 rings (SSSR count). The fraction of sp³-hybridized carbons (Fsp3) is 1.00. The lowest BCUT2D eigenvalue weighted by Gasteiger charge is -2.49. The molecule has 1 heterocycles. The first-order valence-corrected chi connectivity index (χ1v) is 4.22. The van der Waals surface area contributed by atoms with Crippen LogP contribution in [-0.4, -0.2) is 24.3 Å². The van der Waals surface area contributed by atoms with Crippen LogP contribution in [0.4, 0.5) is 0 Å². The van der Waals surface area contributed by atoms with Crippen LogP contribution in [0.3, 0.4) is 0 Å². The zero-order valence-corrected chi connectivity index (χ0v) is 6.27. The van der Waals surface area contributed by atoms with Crippen LogP contribution < -0.4 is 5.32 Å². The Morgan fingerprint density at radius 3 is 2.20 bits per heavy atom. The van der Waals surface area contributed by atoms with E-state index in [0.29, 0.717) is 5.41 Å². The van der Waals surface area contributed by atoms with Gasteiger partial charge in [0.2, 0.25) is 0 Å². The zero-order valence-electron chi connectivity index (χ0n) is 6.27. The number of piperidine rings is 1. The van der Waals surface area contributed by atoms with E-state index in [-0.39, 0.29) is 6.10 Å². The predicted molar refractivity (Wildman–Crippen MR) is 39.8 cm³/mol. The molecule has 2 N–H and O–H groups in total. The molecule has 0 amide bonds. The summed E-state index contributed by atoms with van der Waals surface area (Å²) in [6, 6.07) is 0. The highest BCUT2D eigenvalue weighted by atomic mass is 16.3. The van der Waals surface area contributed by atoms with Crippen LogP contribution in [-0.2, 0) is 0 Å². The minimum Gasteiger partial charge on any atom is -0.393 e. The molecule has 2 fully saturated rings. The van der Waals surface area contributed by atoms with Crippen molar-refractivity contribution in [2.24, 2.45) is 5.41 Å². The number of hydrogen-bond donors (Lipinski definition) is 2. The van der Waals surface area contributed by atoms with Crippen LogP contribution in [0.2, 0.25) is 0 Å². The third-order valence-corrected chi connectivity index (χ3v) is 3.22. The lowest BCUT2D eigenvalue weighted by atomic mass is 9.61. The maximum Gasteiger partial charge on any atom is 0.0597 e. The van der Waals surface area contributed by atoms with Gasteiger partial charge in [-0.1, -0.05) is 0 Å². The SMILES string of the molecule is O[C@H]1CCC12CCNCC2. The number of aliphatic hydroxyl groups is 1. The summed E-state index contributed by atoms with van der Waals surface area (Å²) in [5, 5.41) is 12.8. The third-order valence-electron chi connectivity index (χ3n) is 3.22. The first-order valence-electron chi connectivity index (χ1n) is 4.22. The number of aliphatic hydroxyl groups excluding tert-OH is 1. The van der Waals surface area contributed by atoms with Crippen LogP contribution in [0.1, 0.15) is 25.7 Å². The quantitative estimate of drug-likeness (QED) is 0.515. The molecule has 1 spiro atoms. The van der Waals surface area contributed by atoms with Gasteiger partial charge in [-0.2, -0.15) is 0 Å². The van der Waals surface area contributed by atoms with Gasteiger partial charge in [0, 0.05) is 0 Å². The van der Waals surface area contributed by atoms with E-state index in [1.807, 2.05) is 0 Å². The van der Waals surface area contributed by atoms with Crippen LogP contribution in [0.5, 0.6) is 0 Å². The molecule has 1 aliphatic heterocycles. The molecular weight excluding hydrogens is 126 g/mol. The lowest BCUT2D eigenvalue weighted by molar-refractivity contribution is -0.0826. The Morgan fingerprint density at radius 1 is 1.20 bits per heavy atom. The summed E-state index contributed by atoms with van der Waals surface area (Å²) in [6.07, 6.45) is 4.70. The second-order valence-electron chi connectivity index (χ2n) is 3.67. The Morgan fingerprint density at radius 2 is 1.90 bits per heavy atom. The summed E-state index contributed by atoms with van der Waals surface area (Å²) in [7, 11) is 0. The van der Waals surface area contributed by atoms with Crippen molar-refractivity contribution in [3.63, 3.8) is 0 Å². The maximum absolute atomic E-state index is 9.50. The zero-order chi connectivity index (χ0) is 7.03. The Labute approximate surface area is 61.6 Å². The molecule has 1 aliphatic carbocycles. The van der Waals surface area contributed by atoms with Crippen molar-refractivity contribution in [1.82, 2.24) is 5.32 Å². The standard InChI is InChI=1S/C8H15NO/c10-7-1-2-8(7)3-5-9-6-4-8/h7,9-10H,1-6H2/t7-/m0/s1. The van der Waals surface area contributed by atoms with Crippen LogP contribution in [0.25, 0.3) is 0 Å². The first-order chi connectivity index (χ1) is 4.83. The molecule has 0 aromatic rings. The van der Waals surface area contributed by atoms with E-state index >= 15 is 0 Å². The summed E-state index contributed by atoms with van der Waals surface area (Å²) < 4.78 is 0. The molecule has 58 valence electrons. The summed E-state index contributed by atoms with van der Waals surface area (Å²) >= 11 is 0. The van der Waals surface area contributed by atoms with Gasteiger partial charge in [0.15, 0.2) is 0 Å². The van der Waals surface area contributed by atoms with Crippen molar-refractivity contribution in [3.8, 4) is 0 Å². The fourth-order valence-corrected chi connectivity index (χ4v) is 2.19. The van der Waals surface area contributed by atoms with Gasteiger partial charge in [-0.3, -0.25) is 0 Å². The molecule has 0 aromatic heterocycles. The van der Waals surface area contributed by atoms with E-state index in [9.17, 15) is 5.11 Å². The van der Waals surface area contributed by atoms with E-state index in [1.54, 1.807) is 0 Å². The van der Waals surface area contributed by atoms with E-state index in [0.717, 1.165) is 19.5 Å². The third kappa shape index (κ3) is 0.789. The topological polar surface area (TPSA) is 32.3 Å². The Hall–Kier alpha value is -0.0800. The Balaban J connectivity index is 1.99. The molecule has 1 saturated carbocycles. The minimum atomic E-state index is 0.0228. The van der Waals surface area contributed by atoms with Gasteiger partial charge >= 0.3 is 0 Å². The lowest BCUT2D eigenvalue weighted by Crippen LogP contribution is -2.51. The number of hydrogen-bond acceptors (Lipinski definition) is 2. The van der Waals surface area contributed by atoms with Crippen LogP contribution >= 0.6 is 0 Å². The van der Waals surface area contributed by atoms with E-state index < -0.39 is 0 Å². The summed E-state index contributed by atoms with van der Waals surface area (Å²) in [5.74, 6) is 0. The molecule has 0 radical (unpaired) electrons. The van der Waals surface area contributed by atoms with Crippen molar-refractivity contribution in [2.75, 3.05) is 13.1 Å². The molecule has 0 aromatic carbocycles. The molecule has 10 heavy (non-hydrogen) atoms. The fourth-order valence-electron chi connectivity index (χ4n) is 2.19. The van der Waals surface area contributed by atoms with Gasteiger partial charge in [-0.05, 0) is 44.2 Å². The van der Waals surface area contributed by atoms with E-state index in [1.165, 1.54) is 19.3 Å². The van der Waals surface area contributed by atoms with Gasteiger partial charge in [0.25, 0.3) is 0 Å². The highest BCUT2D eigenvalue weighted by Gasteiger charge is 2.45. The van der Waals surface area contributed by atoms with Gasteiger partial charge in [0.05, 0.1) is 6.10 Å². The van der Waals surface area contributed by atoms with E-state index in [2.05, 4.69) is 5.32 Å². The Kier molecular flexibility index (Phi) is 1.46. The van der Waals surface area contributed by atoms with Crippen molar-refractivity contribution < 1.29 is 5.11 Å². The summed E-state index contributed by atoms with van der Waals surface area (Å²) in [5.41, 5.74) is 0.352. The Bertz CT molecular complexity index is 129. The van der Waals surface area contributed by atoms with E-state index in [4.69, 9.17) is 0 Å². The predicted octanol–water partition coefficient (Wildman–Crippen LogP) is 0.511. The molecule has 1 atom stereocenters.